The van der Waals surface area contributed by atoms with Crippen LogP contribution in [0.2, 0.25) is 0 Å². The maximum atomic E-state index is 13.5. The second-order valence-electron chi connectivity index (χ2n) is 10.5. The van der Waals surface area contributed by atoms with Crippen molar-refractivity contribution in [1.29, 1.82) is 0 Å². The monoisotopic (exact) mass is 584 g/mol. The van der Waals surface area contributed by atoms with E-state index in [2.05, 4.69) is 16.0 Å². The second-order valence-corrected chi connectivity index (χ2v) is 10.5. The summed E-state index contributed by atoms with van der Waals surface area (Å²) in [6, 6.07) is 1.46. The number of amides is 4. The first-order valence-electron chi connectivity index (χ1n) is 13.2. The SMILES string of the molecule is CC(C)C(NC(=O)[C@@H]1CCCN1C(=O)[C@@H](NC(=O)c1ccc(C(=O)NCCC(=O)O)cc1)C(C)C)C(=O)C(F)(F)F. The predicted molar refractivity (Wildman–Crippen MR) is 140 cm³/mol. The Morgan fingerprint density at radius 1 is 0.902 bits per heavy atom. The summed E-state index contributed by atoms with van der Waals surface area (Å²) < 4.78 is 39.1. The van der Waals surface area contributed by atoms with Gasteiger partial charge in [0.2, 0.25) is 11.8 Å². The van der Waals surface area contributed by atoms with Crippen LogP contribution in [0.3, 0.4) is 0 Å². The molecule has 1 heterocycles. The van der Waals surface area contributed by atoms with Crippen LogP contribution in [0.15, 0.2) is 24.3 Å². The predicted octanol–water partition coefficient (Wildman–Crippen LogP) is 1.91. The minimum Gasteiger partial charge on any atom is -0.481 e. The number of rotatable bonds is 12. The average molecular weight is 585 g/mol. The summed E-state index contributed by atoms with van der Waals surface area (Å²) in [7, 11) is 0. The molecule has 0 spiro atoms. The van der Waals surface area contributed by atoms with E-state index in [1.807, 2.05) is 0 Å². The van der Waals surface area contributed by atoms with E-state index in [0.717, 1.165) is 0 Å². The van der Waals surface area contributed by atoms with Gasteiger partial charge in [-0.1, -0.05) is 27.7 Å². The lowest BCUT2D eigenvalue weighted by Crippen LogP contribution is -2.58. The van der Waals surface area contributed by atoms with Gasteiger partial charge in [-0.15, -0.1) is 0 Å². The molecule has 1 fully saturated rings. The Kier molecular flexibility index (Phi) is 11.4. The maximum Gasteiger partial charge on any atom is 0.452 e. The number of carboxylic acid groups (broad SMARTS) is 1. The molecule has 4 N–H and O–H groups in total. The fourth-order valence-electron chi connectivity index (χ4n) is 4.34. The molecule has 41 heavy (non-hydrogen) atoms. The number of aliphatic carboxylic acids is 1. The Morgan fingerprint density at radius 3 is 1.93 bits per heavy atom. The van der Waals surface area contributed by atoms with Crippen LogP contribution in [0.1, 0.15) is 67.7 Å². The van der Waals surface area contributed by atoms with Gasteiger partial charge in [0.05, 0.1) is 12.5 Å². The number of hydrogen-bond donors (Lipinski definition) is 4. The van der Waals surface area contributed by atoms with Gasteiger partial charge in [0.25, 0.3) is 17.6 Å². The van der Waals surface area contributed by atoms with Gasteiger partial charge in [0.15, 0.2) is 0 Å². The van der Waals surface area contributed by atoms with Crippen molar-refractivity contribution in [3.05, 3.63) is 35.4 Å². The zero-order valence-electron chi connectivity index (χ0n) is 23.2. The number of nitrogens with one attached hydrogen (secondary N) is 3. The molecule has 1 aliphatic heterocycles. The van der Waals surface area contributed by atoms with Crippen LogP contribution in [0.25, 0.3) is 0 Å². The Balaban J connectivity index is 2.12. The molecule has 2 rings (SSSR count). The topological polar surface area (TPSA) is 162 Å². The molecule has 1 aliphatic rings. The summed E-state index contributed by atoms with van der Waals surface area (Å²) >= 11 is 0. The highest BCUT2D eigenvalue weighted by Crippen LogP contribution is 2.24. The Labute approximate surface area is 235 Å². The number of halogens is 3. The largest absolute Gasteiger partial charge is 0.481 e. The first-order chi connectivity index (χ1) is 19.0. The molecule has 0 radical (unpaired) electrons. The van der Waals surface area contributed by atoms with Gasteiger partial charge in [-0.05, 0) is 48.9 Å². The number of benzene rings is 1. The van der Waals surface area contributed by atoms with Gasteiger partial charge < -0.3 is 26.0 Å². The van der Waals surface area contributed by atoms with E-state index in [1.54, 1.807) is 13.8 Å². The molecule has 0 aromatic heterocycles. The number of carboxylic acids is 1. The number of hydrogen-bond acceptors (Lipinski definition) is 6. The highest BCUT2D eigenvalue weighted by Gasteiger charge is 2.46. The summed E-state index contributed by atoms with van der Waals surface area (Å²) in [5.74, 6) is -7.04. The third kappa shape index (κ3) is 9.02. The third-order valence-corrected chi connectivity index (χ3v) is 6.62. The van der Waals surface area contributed by atoms with Gasteiger partial charge >= 0.3 is 12.1 Å². The van der Waals surface area contributed by atoms with Crippen LogP contribution in [-0.4, -0.2) is 82.8 Å². The van der Waals surface area contributed by atoms with Crippen LogP contribution in [0.4, 0.5) is 13.2 Å². The normalized spacial score (nSPS) is 16.7. The summed E-state index contributed by atoms with van der Waals surface area (Å²) in [5, 5.41) is 15.9. The number of ketones is 1. The Morgan fingerprint density at radius 2 is 1.44 bits per heavy atom. The molecule has 1 saturated heterocycles. The molecule has 3 atom stereocenters. The van der Waals surface area contributed by atoms with Crippen molar-refractivity contribution in [1.82, 2.24) is 20.9 Å². The Hall–Kier alpha value is -3.97. The van der Waals surface area contributed by atoms with Crippen LogP contribution < -0.4 is 16.0 Å². The molecule has 0 aliphatic carbocycles. The van der Waals surface area contributed by atoms with Gasteiger partial charge in [0.1, 0.15) is 12.1 Å². The molecule has 0 bridgehead atoms. The van der Waals surface area contributed by atoms with Crippen molar-refractivity contribution in [2.24, 2.45) is 11.8 Å². The number of alkyl halides is 3. The lowest BCUT2D eigenvalue weighted by molar-refractivity contribution is -0.175. The average Bonchev–Trinajstić information content (AvgIpc) is 3.38. The van der Waals surface area contributed by atoms with Gasteiger partial charge in [-0.25, -0.2) is 0 Å². The van der Waals surface area contributed by atoms with E-state index in [0.29, 0.717) is 6.42 Å². The molecular formula is C27H35F3N4O7. The molecule has 1 aromatic carbocycles. The highest BCUT2D eigenvalue weighted by molar-refractivity contribution is 6.00. The zero-order chi connectivity index (χ0) is 31.1. The van der Waals surface area contributed by atoms with Crippen molar-refractivity contribution in [3.63, 3.8) is 0 Å². The minimum atomic E-state index is -5.14. The van der Waals surface area contributed by atoms with Crippen LogP contribution in [0.5, 0.6) is 0 Å². The van der Waals surface area contributed by atoms with Gasteiger partial charge in [-0.2, -0.15) is 13.2 Å². The van der Waals surface area contributed by atoms with E-state index >= 15 is 0 Å². The van der Waals surface area contributed by atoms with E-state index in [4.69, 9.17) is 5.11 Å². The molecule has 1 aromatic rings. The lowest BCUT2D eigenvalue weighted by Gasteiger charge is -2.32. The lowest BCUT2D eigenvalue weighted by atomic mass is 9.98. The van der Waals surface area contributed by atoms with Crippen molar-refractivity contribution >= 4 is 35.4 Å². The van der Waals surface area contributed by atoms with E-state index < -0.39 is 71.5 Å². The molecule has 1 unspecified atom stereocenters. The summed E-state index contributed by atoms with van der Waals surface area (Å²) in [4.78, 5) is 75.1. The van der Waals surface area contributed by atoms with Crippen molar-refractivity contribution in [2.75, 3.05) is 13.1 Å². The minimum absolute atomic E-state index is 0.0686. The zero-order valence-corrected chi connectivity index (χ0v) is 23.2. The summed E-state index contributed by atoms with van der Waals surface area (Å²) in [6.07, 6.45) is -4.81. The molecule has 11 nitrogen and oxygen atoms in total. The van der Waals surface area contributed by atoms with Gasteiger partial charge in [-0.3, -0.25) is 28.8 Å². The van der Waals surface area contributed by atoms with Crippen LogP contribution >= 0.6 is 0 Å². The number of Topliss-reactive ketones (excluding diaryl/α,β-unsaturated/α-hetero) is 1. The fraction of sp³-hybridized carbons (Fsp3) is 0.556. The summed E-state index contributed by atoms with van der Waals surface area (Å²) in [5.41, 5.74) is 0.324. The molecular weight excluding hydrogens is 549 g/mol. The fourth-order valence-corrected chi connectivity index (χ4v) is 4.34. The van der Waals surface area contributed by atoms with E-state index in [-0.39, 0.29) is 37.1 Å². The first kappa shape index (κ1) is 33.2. The van der Waals surface area contributed by atoms with E-state index in [9.17, 15) is 41.9 Å². The number of likely N-dealkylation sites (tertiary alicyclic amines) is 1. The smallest absolute Gasteiger partial charge is 0.452 e. The third-order valence-electron chi connectivity index (χ3n) is 6.62. The van der Waals surface area contributed by atoms with E-state index in [1.165, 1.54) is 43.0 Å². The quantitative estimate of drug-likeness (QED) is 0.292. The van der Waals surface area contributed by atoms with Gasteiger partial charge in [0, 0.05) is 24.2 Å². The van der Waals surface area contributed by atoms with Crippen LogP contribution in [-0.2, 0) is 19.2 Å². The highest BCUT2D eigenvalue weighted by atomic mass is 19.4. The molecule has 14 heteroatoms. The van der Waals surface area contributed by atoms with Crippen LogP contribution in [0, 0.1) is 11.8 Å². The van der Waals surface area contributed by atoms with Crippen molar-refractivity contribution in [2.45, 2.75) is 71.3 Å². The standard InChI is InChI=1S/C27H35F3N4O7/c1-14(2)20(22(37)27(28,29)30)32-25(40)18-6-5-13-34(18)26(41)21(15(3)4)33-24(39)17-9-7-16(8-10-17)23(38)31-12-11-19(35)36/h7-10,14-15,18,20-21H,5-6,11-13H2,1-4H3,(H,31,38)(H,32,40)(H,33,39)(H,35,36)/t18-,20?,21-/m0/s1. The first-order valence-corrected chi connectivity index (χ1v) is 13.2. The molecule has 4 amide bonds. The van der Waals surface area contributed by atoms with Crippen molar-refractivity contribution < 1.29 is 47.0 Å². The second kappa shape index (κ2) is 14.1. The maximum absolute atomic E-state index is 13.5. The number of nitrogens with zero attached hydrogens (tertiary/aromatic N) is 1. The van der Waals surface area contributed by atoms with Crippen molar-refractivity contribution in [3.8, 4) is 0 Å². The molecule has 226 valence electrons. The summed E-state index contributed by atoms with van der Waals surface area (Å²) in [6.45, 7) is 6.16. The number of carbonyl (C=O) groups excluding carboxylic acids is 5. The molecule has 0 saturated carbocycles. The Bertz CT molecular complexity index is 1150. The number of carbonyl (C=O) groups is 6.